The SMILES string of the molecule is Nc1ccc(C2(c3ccc(N)c(S(=O)(=O)O)c3)CCCCC2)cc1S(=O)(=O)O. The highest BCUT2D eigenvalue weighted by molar-refractivity contribution is 7.86. The van der Waals surface area contributed by atoms with Crippen LogP contribution in [0.25, 0.3) is 0 Å². The molecule has 0 spiro atoms. The summed E-state index contributed by atoms with van der Waals surface area (Å²) in [4.78, 5) is -0.777. The van der Waals surface area contributed by atoms with Crippen molar-refractivity contribution in [3.05, 3.63) is 47.5 Å². The molecule has 0 atom stereocenters. The van der Waals surface area contributed by atoms with Crippen LogP contribution in [0, 0.1) is 0 Å². The van der Waals surface area contributed by atoms with Crippen molar-refractivity contribution >= 4 is 31.6 Å². The maximum atomic E-state index is 11.7. The lowest BCUT2D eigenvalue weighted by atomic mass is 9.65. The Kier molecular flexibility index (Phi) is 5.17. The number of benzene rings is 2. The molecule has 10 heteroatoms. The van der Waals surface area contributed by atoms with Gasteiger partial charge in [0.05, 0.1) is 11.4 Å². The van der Waals surface area contributed by atoms with E-state index < -0.39 is 25.7 Å². The van der Waals surface area contributed by atoms with Crippen LogP contribution >= 0.6 is 0 Å². The Morgan fingerprint density at radius 3 is 1.46 bits per heavy atom. The fourth-order valence-electron chi connectivity index (χ4n) is 4.01. The molecule has 2 aromatic rings. The summed E-state index contributed by atoms with van der Waals surface area (Å²) in [6.45, 7) is 0. The monoisotopic (exact) mass is 426 g/mol. The molecule has 0 radical (unpaired) electrons. The number of rotatable bonds is 4. The van der Waals surface area contributed by atoms with E-state index in [1.54, 1.807) is 12.1 Å². The Balaban J connectivity index is 2.27. The first-order valence-corrected chi connectivity index (χ1v) is 11.6. The molecule has 1 aliphatic rings. The first-order valence-electron chi connectivity index (χ1n) is 8.70. The number of nitrogens with two attached hydrogens (primary N) is 2. The highest BCUT2D eigenvalue weighted by Gasteiger charge is 2.37. The van der Waals surface area contributed by atoms with Crippen LogP contribution in [0.5, 0.6) is 0 Å². The van der Waals surface area contributed by atoms with Gasteiger partial charge in [0.2, 0.25) is 0 Å². The summed E-state index contributed by atoms with van der Waals surface area (Å²) >= 11 is 0. The summed E-state index contributed by atoms with van der Waals surface area (Å²) in [7, 11) is -9.05. The third-order valence-corrected chi connectivity index (χ3v) is 7.21. The van der Waals surface area contributed by atoms with Crippen LogP contribution in [0.4, 0.5) is 11.4 Å². The van der Waals surface area contributed by atoms with Gasteiger partial charge < -0.3 is 11.5 Å². The van der Waals surface area contributed by atoms with Crippen LogP contribution in [-0.4, -0.2) is 25.9 Å². The van der Waals surface area contributed by atoms with E-state index in [1.807, 2.05) is 0 Å². The van der Waals surface area contributed by atoms with Gasteiger partial charge in [-0.1, -0.05) is 31.4 Å². The molecule has 0 amide bonds. The number of hydrogen-bond acceptors (Lipinski definition) is 6. The third kappa shape index (κ3) is 3.72. The minimum atomic E-state index is -4.52. The molecule has 0 aromatic heterocycles. The first-order chi connectivity index (χ1) is 12.9. The Bertz CT molecular complexity index is 1040. The van der Waals surface area contributed by atoms with Gasteiger partial charge in [-0.05, 0) is 48.2 Å². The van der Waals surface area contributed by atoms with E-state index in [0.29, 0.717) is 24.0 Å². The van der Waals surface area contributed by atoms with E-state index in [4.69, 9.17) is 11.5 Å². The summed E-state index contributed by atoms with van der Waals surface area (Å²) in [5.74, 6) is 0. The predicted molar refractivity (Wildman–Crippen MR) is 105 cm³/mol. The lowest BCUT2D eigenvalue weighted by molar-refractivity contribution is 0.345. The molecule has 0 saturated heterocycles. The Morgan fingerprint density at radius 1 is 0.714 bits per heavy atom. The summed E-state index contributed by atoms with van der Waals surface area (Å²) < 4.78 is 65.8. The molecule has 2 aromatic carbocycles. The summed E-state index contributed by atoms with van der Waals surface area (Å²) in [5.41, 5.74) is 11.8. The Labute approximate surface area is 164 Å². The summed E-state index contributed by atoms with van der Waals surface area (Å²) in [6, 6.07) is 8.85. The average Bonchev–Trinajstić information content (AvgIpc) is 2.61. The largest absolute Gasteiger partial charge is 0.398 e. The molecule has 152 valence electrons. The van der Waals surface area contributed by atoms with Crippen molar-refractivity contribution in [1.82, 2.24) is 0 Å². The molecular weight excluding hydrogens is 404 g/mol. The second-order valence-electron chi connectivity index (χ2n) is 7.10. The molecular formula is C18H22N2O6S2. The van der Waals surface area contributed by atoms with Crippen LogP contribution in [-0.2, 0) is 25.7 Å². The molecule has 8 nitrogen and oxygen atoms in total. The summed E-state index contributed by atoms with van der Waals surface area (Å²) in [6.07, 6.45) is 3.95. The zero-order valence-corrected chi connectivity index (χ0v) is 16.6. The maximum absolute atomic E-state index is 11.7. The number of hydrogen-bond donors (Lipinski definition) is 4. The normalized spacial score (nSPS) is 17.4. The minimum Gasteiger partial charge on any atom is -0.398 e. The minimum absolute atomic E-state index is 0.0758. The fraction of sp³-hybridized carbons (Fsp3) is 0.333. The third-order valence-electron chi connectivity index (χ3n) is 5.40. The maximum Gasteiger partial charge on any atom is 0.296 e. The van der Waals surface area contributed by atoms with Crippen LogP contribution in [0.15, 0.2) is 46.2 Å². The van der Waals surface area contributed by atoms with Gasteiger partial charge in [-0.2, -0.15) is 16.8 Å². The zero-order chi connectivity index (χ0) is 20.7. The summed E-state index contributed by atoms with van der Waals surface area (Å²) in [5, 5.41) is 0. The Morgan fingerprint density at radius 2 is 1.11 bits per heavy atom. The standard InChI is InChI=1S/C18H22N2O6S2/c19-14-6-4-12(10-16(14)27(21,22)23)18(8-2-1-3-9-18)13-5-7-15(20)17(11-13)28(24,25)26/h4-7,10-11H,1-3,8-9,19-20H2,(H,21,22,23)(H,24,25,26). The van der Waals surface area contributed by atoms with E-state index in [9.17, 15) is 25.9 Å². The molecule has 0 heterocycles. The van der Waals surface area contributed by atoms with Gasteiger partial charge in [0.1, 0.15) is 9.79 Å². The number of anilines is 2. The van der Waals surface area contributed by atoms with Gasteiger partial charge in [0, 0.05) is 5.41 Å². The second-order valence-corrected chi connectivity index (χ2v) is 9.88. The lowest BCUT2D eigenvalue weighted by Gasteiger charge is -2.39. The van der Waals surface area contributed by atoms with Crippen molar-refractivity contribution in [3.8, 4) is 0 Å². The van der Waals surface area contributed by atoms with Gasteiger partial charge in [0.15, 0.2) is 0 Å². The molecule has 1 fully saturated rings. The topological polar surface area (TPSA) is 161 Å². The van der Waals surface area contributed by atoms with Crippen molar-refractivity contribution in [2.45, 2.75) is 47.3 Å². The zero-order valence-electron chi connectivity index (χ0n) is 15.0. The van der Waals surface area contributed by atoms with Crippen molar-refractivity contribution in [2.24, 2.45) is 0 Å². The molecule has 0 aliphatic heterocycles. The number of nitrogen functional groups attached to an aromatic ring is 2. The molecule has 0 bridgehead atoms. The molecule has 3 rings (SSSR count). The van der Waals surface area contributed by atoms with Gasteiger partial charge in [-0.25, -0.2) is 0 Å². The van der Waals surface area contributed by atoms with Crippen molar-refractivity contribution in [3.63, 3.8) is 0 Å². The van der Waals surface area contributed by atoms with E-state index in [1.165, 1.54) is 24.3 Å². The van der Waals surface area contributed by atoms with Crippen LogP contribution in [0.1, 0.15) is 43.2 Å². The molecule has 6 N–H and O–H groups in total. The fourth-order valence-corrected chi connectivity index (χ4v) is 5.29. The van der Waals surface area contributed by atoms with Gasteiger partial charge >= 0.3 is 0 Å². The second kappa shape index (κ2) is 7.03. The average molecular weight is 427 g/mol. The van der Waals surface area contributed by atoms with E-state index in [0.717, 1.165) is 19.3 Å². The smallest absolute Gasteiger partial charge is 0.296 e. The molecule has 1 aliphatic carbocycles. The van der Waals surface area contributed by atoms with E-state index in [-0.39, 0.29) is 21.2 Å². The van der Waals surface area contributed by atoms with Crippen LogP contribution in [0.2, 0.25) is 0 Å². The van der Waals surface area contributed by atoms with Crippen LogP contribution in [0.3, 0.4) is 0 Å². The highest BCUT2D eigenvalue weighted by Crippen LogP contribution is 2.46. The van der Waals surface area contributed by atoms with Crippen molar-refractivity contribution in [2.75, 3.05) is 11.5 Å². The van der Waals surface area contributed by atoms with E-state index >= 15 is 0 Å². The molecule has 28 heavy (non-hydrogen) atoms. The van der Waals surface area contributed by atoms with Crippen LogP contribution < -0.4 is 11.5 Å². The van der Waals surface area contributed by atoms with Crippen molar-refractivity contribution in [1.29, 1.82) is 0 Å². The first kappa shape index (κ1) is 20.6. The quantitative estimate of drug-likeness (QED) is 0.428. The lowest BCUT2D eigenvalue weighted by Crippen LogP contribution is -2.31. The van der Waals surface area contributed by atoms with Gasteiger partial charge in [-0.15, -0.1) is 0 Å². The molecule has 0 unspecified atom stereocenters. The highest BCUT2D eigenvalue weighted by atomic mass is 32.2. The van der Waals surface area contributed by atoms with E-state index in [2.05, 4.69) is 0 Å². The van der Waals surface area contributed by atoms with Gasteiger partial charge in [-0.3, -0.25) is 9.11 Å². The molecule has 1 saturated carbocycles. The van der Waals surface area contributed by atoms with Gasteiger partial charge in [0.25, 0.3) is 20.2 Å². The van der Waals surface area contributed by atoms with Crippen molar-refractivity contribution < 1.29 is 25.9 Å². The predicted octanol–water partition coefficient (Wildman–Crippen LogP) is 2.59. The Hall–Kier alpha value is -2.14.